The standard InChI is InChI=1S/C8H15AsO2/c1-5-6-7(2)8(10)11-9(3)4/h6H,5H2,1-4H3/b7-6+. The van der Waals surface area contributed by atoms with Gasteiger partial charge in [0.2, 0.25) is 0 Å². The maximum absolute atomic E-state index is 11.1. The normalized spacial score (nSPS) is 11.9. The van der Waals surface area contributed by atoms with Crippen LogP contribution in [0.3, 0.4) is 0 Å². The summed E-state index contributed by atoms with van der Waals surface area (Å²) in [5.41, 5.74) is 4.71. The minimum absolute atomic E-state index is 0.142. The van der Waals surface area contributed by atoms with Crippen molar-refractivity contribution in [1.29, 1.82) is 0 Å². The van der Waals surface area contributed by atoms with Gasteiger partial charge < -0.3 is 0 Å². The van der Waals surface area contributed by atoms with Crippen LogP contribution in [0.15, 0.2) is 11.6 Å². The average Bonchev–Trinajstić information content (AvgIpc) is 1.86. The van der Waals surface area contributed by atoms with E-state index in [4.69, 9.17) is 3.73 Å². The molecule has 0 aromatic heterocycles. The summed E-state index contributed by atoms with van der Waals surface area (Å²) in [6, 6.07) is 0. The molecule has 0 N–H and O–H groups in total. The third kappa shape index (κ3) is 5.08. The molecule has 2 nitrogen and oxygen atoms in total. The predicted molar refractivity (Wildman–Crippen MR) is 47.6 cm³/mol. The van der Waals surface area contributed by atoms with Crippen molar-refractivity contribution in [3.8, 4) is 0 Å². The Morgan fingerprint density at radius 2 is 2.09 bits per heavy atom. The molecule has 0 rings (SSSR count). The summed E-state index contributed by atoms with van der Waals surface area (Å²) in [6.45, 7) is 3.80. The molecule has 0 saturated heterocycles. The van der Waals surface area contributed by atoms with Gasteiger partial charge in [0, 0.05) is 0 Å². The summed E-state index contributed by atoms with van der Waals surface area (Å²) in [5.74, 6) is -0.142. The van der Waals surface area contributed by atoms with Gasteiger partial charge in [0.05, 0.1) is 0 Å². The number of allylic oxidation sites excluding steroid dienone is 1. The van der Waals surface area contributed by atoms with Gasteiger partial charge in [0.15, 0.2) is 0 Å². The zero-order valence-corrected chi connectivity index (χ0v) is 9.42. The molecule has 0 bridgehead atoms. The third-order valence-electron chi connectivity index (χ3n) is 1.10. The molecule has 0 aliphatic heterocycles. The van der Waals surface area contributed by atoms with Crippen LogP contribution in [0.2, 0.25) is 11.4 Å². The van der Waals surface area contributed by atoms with E-state index in [2.05, 4.69) is 0 Å². The summed E-state index contributed by atoms with van der Waals surface area (Å²) in [5, 5.41) is 0. The summed E-state index contributed by atoms with van der Waals surface area (Å²) >= 11 is -1.26. The average molecular weight is 218 g/mol. The number of hydrogen-bond acceptors (Lipinski definition) is 2. The third-order valence-corrected chi connectivity index (χ3v) is 2.21. The molecule has 0 aliphatic carbocycles. The Hall–Kier alpha value is -0.232. The molecule has 64 valence electrons. The van der Waals surface area contributed by atoms with Gasteiger partial charge in [0.25, 0.3) is 0 Å². The fourth-order valence-corrected chi connectivity index (χ4v) is 1.63. The fourth-order valence-electron chi connectivity index (χ4n) is 0.627. The van der Waals surface area contributed by atoms with Gasteiger partial charge in [-0.05, 0) is 0 Å². The van der Waals surface area contributed by atoms with E-state index in [0.717, 1.165) is 12.0 Å². The topological polar surface area (TPSA) is 26.3 Å². The minimum atomic E-state index is -1.26. The molecule has 0 aliphatic rings. The Bertz CT molecular complexity index is 161. The second-order valence-electron chi connectivity index (χ2n) is 2.49. The molecule has 0 heterocycles. The number of carbonyl (C=O) groups is 1. The summed E-state index contributed by atoms with van der Waals surface area (Å²) in [7, 11) is 0. The van der Waals surface area contributed by atoms with E-state index in [1.54, 1.807) is 6.92 Å². The number of hydrogen-bond donors (Lipinski definition) is 0. The van der Waals surface area contributed by atoms with Crippen molar-refractivity contribution >= 4 is 21.0 Å². The van der Waals surface area contributed by atoms with Crippen LogP contribution in [0.5, 0.6) is 0 Å². The molecule has 0 radical (unpaired) electrons. The molecule has 0 amide bonds. The van der Waals surface area contributed by atoms with Crippen LogP contribution in [-0.2, 0) is 8.52 Å². The molecule has 3 heteroatoms. The van der Waals surface area contributed by atoms with Crippen molar-refractivity contribution in [2.75, 3.05) is 0 Å². The summed E-state index contributed by atoms with van der Waals surface area (Å²) in [6.07, 6.45) is 2.78. The second kappa shape index (κ2) is 5.42. The molecule has 0 aromatic rings. The Morgan fingerprint density at radius 1 is 1.55 bits per heavy atom. The van der Waals surface area contributed by atoms with Gasteiger partial charge in [-0.15, -0.1) is 0 Å². The molecule has 0 atom stereocenters. The van der Waals surface area contributed by atoms with Crippen LogP contribution in [0.1, 0.15) is 20.3 Å². The second-order valence-corrected chi connectivity index (χ2v) is 6.28. The van der Waals surface area contributed by atoms with Gasteiger partial charge in [-0.1, -0.05) is 0 Å². The van der Waals surface area contributed by atoms with Crippen LogP contribution in [0.25, 0.3) is 0 Å². The van der Waals surface area contributed by atoms with Crippen LogP contribution in [0.4, 0.5) is 0 Å². The van der Waals surface area contributed by atoms with Gasteiger partial charge in [-0.3, -0.25) is 0 Å². The number of rotatable bonds is 3. The van der Waals surface area contributed by atoms with Crippen molar-refractivity contribution in [3.05, 3.63) is 11.6 Å². The Kier molecular flexibility index (Phi) is 5.31. The first kappa shape index (κ1) is 10.8. The molecule has 0 unspecified atom stereocenters. The van der Waals surface area contributed by atoms with E-state index in [-0.39, 0.29) is 5.97 Å². The first-order valence-corrected chi connectivity index (χ1v) is 8.16. The van der Waals surface area contributed by atoms with E-state index in [0.29, 0.717) is 0 Å². The SMILES string of the molecule is CC/C=C(\C)C(=O)O[As](C)C. The van der Waals surface area contributed by atoms with E-state index in [9.17, 15) is 4.79 Å². The molecular weight excluding hydrogens is 203 g/mol. The predicted octanol–water partition coefficient (Wildman–Crippen LogP) is 2.14. The Labute approximate surface area is 73.2 Å². The first-order chi connectivity index (χ1) is 5.07. The molecular formula is C8H15AsO2. The monoisotopic (exact) mass is 218 g/mol. The van der Waals surface area contributed by atoms with Gasteiger partial charge in [0.1, 0.15) is 0 Å². The fraction of sp³-hybridized carbons (Fsp3) is 0.625. The summed E-state index contributed by atoms with van der Waals surface area (Å²) < 4.78 is 5.10. The van der Waals surface area contributed by atoms with Gasteiger partial charge in [-0.25, -0.2) is 0 Å². The molecule has 0 saturated carbocycles. The van der Waals surface area contributed by atoms with Gasteiger partial charge in [-0.2, -0.15) is 0 Å². The van der Waals surface area contributed by atoms with E-state index >= 15 is 0 Å². The van der Waals surface area contributed by atoms with Crippen LogP contribution in [0, 0.1) is 0 Å². The zero-order chi connectivity index (χ0) is 8.85. The Balaban J connectivity index is 3.93. The quantitative estimate of drug-likeness (QED) is 0.535. The van der Waals surface area contributed by atoms with E-state index < -0.39 is 15.0 Å². The first-order valence-electron chi connectivity index (χ1n) is 3.64. The number of carbonyl (C=O) groups excluding carboxylic acids is 1. The van der Waals surface area contributed by atoms with Crippen molar-refractivity contribution in [2.45, 2.75) is 31.7 Å². The molecule has 0 fully saturated rings. The van der Waals surface area contributed by atoms with Gasteiger partial charge >= 0.3 is 72.8 Å². The Morgan fingerprint density at radius 3 is 2.45 bits per heavy atom. The van der Waals surface area contributed by atoms with Crippen LogP contribution in [-0.4, -0.2) is 21.0 Å². The molecule has 0 aromatic carbocycles. The van der Waals surface area contributed by atoms with Crippen molar-refractivity contribution in [2.24, 2.45) is 0 Å². The van der Waals surface area contributed by atoms with Crippen molar-refractivity contribution < 1.29 is 8.52 Å². The summed E-state index contributed by atoms with van der Waals surface area (Å²) in [4.78, 5) is 11.1. The molecule has 11 heavy (non-hydrogen) atoms. The van der Waals surface area contributed by atoms with E-state index in [1.165, 1.54) is 0 Å². The zero-order valence-electron chi connectivity index (χ0n) is 7.55. The van der Waals surface area contributed by atoms with E-state index in [1.807, 2.05) is 24.4 Å². The van der Waals surface area contributed by atoms with Crippen molar-refractivity contribution in [3.63, 3.8) is 0 Å². The van der Waals surface area contributed by atoms with Crippen LogP contribution < -0.4 is 0 Å². The van der Waals surface area contributed by atoms with Crippen molar-refractivity contribution in [1.82, 2.24) is 0 Å². The molecule has 0 spiro atoms. The maximum atomic E-state index is 11.1. The van der Waals surface area contributed by atoms with Crippen LogP contribution >= 0.6 is 0 Å².